The van der Waals surface area contributed by atoms with Crippen LogP contribution in [-0.2, 0) is 6.54 Å². The Hall–Kier alpha value is -1.55. The van der Waals surface area contributed by atoms with Gasteiger partial charge in [-0.1, -0.05) is 6.07 Å². The van der Waals surface area contributed by atoms with E-state index in [4.69, 9.17) is 0 Å². The molecule has 0 saturated carbocycles. The summed E-state index contributed by atoms with van der Waals surface area (Å²) in [6, 6.07) is 3.91. The van der Waals surface area contributed by atoms with E-state index >= 15 is 0 Å². The lowest BCUT2D eigenvalue weighted by Gasteiger charge is -2.11. The maximum atomic E-state index is 9.84. The molecule has 0 unspecified atom stereocenters. The number of benzene rings is 1. The van der Waals surface area contributed by atoms with Gasteiger partial charge >= 0.3 is 0 Å². The molecule has 2 N–H and O–H groups in total. The quantitative estimate of drug-likeness (QED) is 0.875. The van der Waals surface area contributed by atoms with Gasteiger partial charge in [0, 0.05) is 22.3 Å². The van der Waals surface area contributed by atoms with Crippen molar-refractivity contribution in [3.63, 3.8) is 0 Å². The molecule has 1 aromatic carbocycles. The fraction of sp³-hybridized carbons (Fsp3) is 0.308. The number of aryl methyl sites for hydroxylation is 2. The van der Waals surface area contributed by atoms with Crippen LogP contribution in [0.25, 0.3) is 0 Å². The Morgan fingerprint density at radius 2 is 2.06 bits per heavy atom. The molecule has 0 atom stereocenters. The lowest BCUT2D eigenvalue weighted by atomic mass is 10.1. The van der Waals surface area contributed by atoms with Crippen molar-refractivity contribution in [3.05, 3.63) is 39.3 Å². The fourth-order valence-corrected chi connectivity index (χ4v) is 2.39. The highest BCUT2D eigenvalue weighted by molar-refractivity contribution is 7.09. The zero-order chi connectivity index (χ0) is 12.4. The summed E-state index contributed by atoms with van der Waals surface area (Å²) < 4.78 is 0. The Kier molecular flexibility index (Phi) is 3.33. The Bertz CT molecular complexity index is 534. The Balaban J connectivity index is 2.12. The first kappa shape index (κ1) is 11.9. The maximum absolute atomic E-state index is 9.84. The monoisotopic (exact) mass is 248 g/mol. The van der Waals surface area contributed by atoms with Gasteiger partial charge in [0.05, 0.1) is 6.54 Å². The molecule has 0 radical (unpaired) electrons. The molecule has 90 valence electrons. The Labute approximate surface area is 105 Å². The number of aromatic hydroxyl groups is 1. The van der Waals surface area contributed by atoms with E-state index in [0.29, 0.717) is 12.3 Å². The molecule has 2 aromatic rings. The molecule has 0 amide bonds. The highest BCUT2D eigenvalue weighted by Crippen LogP contribution is 2.28. The second-order valence-electron chi connectivity index (χ2n) is 4.14. The predicted molar refractivity (Wildman–Crippen MR) is 71.8 cm³/mol. The van der Waals surface area contributed by atoms with Gasteiger partial charge in [-0.15, -0.1) is 11.3 Å². The molecule has 1 aromatic heterocycles. The van der Waals surface area contributed by atoms with Gasteiger partial charge in [-0.25, -0.2) is 4.98 Å². The van der Waals surface area contributed by atoms with Crippen LogP contribution in [0.2, 0.25) is 0 Å². The molecule has 0 saturated heterocycles. The highest BCUT2D eigenvalue weighted by Gasteiger charge is 2.06. The number of nitrogens with zero attached hydrogens (tertiary/aromatic N) is 1. The molecule has 1 heterocycles. The third kappa shape index (κ3) is 2.58. The molecule has 0 aliphatic heterocycles. The average Bonchev–Trinajstić information content (AvgIpc) is 2.71. The molecule has 4 heteroatoms. The van der Waals surface area contributed by atoms with E-state index in [0.717, 1.165) is 27.5 Å². The topological polar surface area (TPSA) is 45.1 Å². The van der Waals surface area contributed by atoms with E-state index in [-0.39, 0.29) is 0 Å². The molecular weight excluding hydrogens is 232 g/mol. The SMILES string of the molecule is Cc1csc(CNc2ccc(C)c(O)c2C)n1. The van der Waals surface area contributed by atoms with Gasteiger partial charge < -0.3 is 10.4 Å². The van der Waals surface area contributed by atoms with Crippen LogP contribution in [0.1, 0.15) is 21.8 Å². The van der Waals surface area contributed by atoms with Crippen molar-refractivity contribution in [2.24, 2.45) is 0 Å². The third-order valence-electron chi connectivity index (χ3n) is 2.73. The normalized spacial score (nSPS) is 10.5. The van der Waals surface area contributed by atoms with Crippen molar-refractivity contribution >= 4 is 17.0 Å². The van der Waals surface area contributed by atoms with Crippen molar-refractivity contribution in [1.82, 2.24) is 4.98 Å². The number of phenolic OH excluding ortho intramolecular Hbond substituents is 1. The summed E-state index contributed by atoms with van der Waals surface area (Å²) >= 11 is 1.65. The molecule has 2 rings (SSSR count). The first-order valence-corrected chi connectivity index (χ1v) is 6.40. The molecular formula is C13H16N2OS. The minimum absolute atomic E-state index is 0.366. The van der Waals surface area contributed by atoms with Crippen molar-refractivity contribution in [1.29, 1.82) is 0 Å². The van der Waals surface area contributed by atoms with Crippen LogP contribution >= 0.6 is 11.3 Å². The number of anilines is 1. The van der Waals surface area contributed by atoms with Crippen molar-refractivity contribution < 1.29 is 5.11 Å². The second kappa shape index (κ2) is 4.75. The van der Waals surface area contributed by atoms with Crippen molar-refractivity contribution in [2.75, 3.05) is 5.32 Å². The van der Waals surface area contributed by atoms with Gasteiger partial charge in [-0.2, -0.15) is 0 Å². The molecule has 0 aliphatic carbocycles. The zero-order valence-corrected chi connectivity index (χ0v) is 11.1. The van der Waals surface area contributed by atoms with Gasteiger partial charge in [0.2, 0.25) is 0 Å². The van der Waals surface area contributed by atoms with Crippen LogP contribution in [0, 0.1) is 20.8 Å². The number of aromatic nitrogens is 1. The number of hydrogen-bond acceptors (Lipinski definition) is 4. The first-order valence-electron chi connectivity index (χ1n) is 5.52. The van der Waals surface area contributed by atoms with E-state index < -0.39 is 0 Å². The summed E-state index contributed by atoms with van der Waals surface area (Å²) in [7, 11) is 0. The van der Waals surface area contributed by atoms with Gasteiger partial charge in [0.25, 0.3) is 0 Å². The number of phenols is 1. The van der Waals surface area contributed by atoms with Gasteiger partial charge in [-0.3, -0.25) is 0 Å². The largest absolute Gasteiger partial charge is 0.507 e. The summed E-state index contributed by atoms with van der Waals surface area (Å²) in [5.74, 6) is 0.366. The highest BCUT2D eigenvalue weighted by atomic mass is 32.1. The number of nitrogens with one attached hydrogen (secondary N) is 1. The van der Waals surface area contributed by atoms with Gasteiger partial charge in [0.1, 0.15) is 10.8 Å². The van der Waals surface area contributed by atoms with Crippen LogP contribution < -0.4 is 5.32 Å². The number of thiazole rings is 1. The standard InChI is InChI=1S/C13H16N2OS/c1-8-4-5-11(10(3)13(8)16)14-6-12-15-9(2)7-17-12/h4-5,7,14,16H,6H2,1-3H3. The van der Waals surface area contributed by atoms with Crippen LogP contribution in [0.4, 0.5) is 5.69 Å². The van der Waals surface area contributed by atoms with Gasteiger partial charge in [0.15, 0.2) is 0 Å². The Morgan fingerprint density at radius 3 is 2.71 bits per heavy atom. The minimum Gasteiger partial charge on any atom is -0.507 e. The molecule has 3 nitrogen and oxygen atoms in total. The van der Waals surface area contributed by atoms with Gasteiger partial charge in [-0.05, 0) is 32.4 Å². The van der Waals surface area contributed by atoms with E-state index in [1.54, 1.807) is 11.3 Å². The summed E-state index contributed by atoms with van der Waals surface area (Å²) in [5.41, 5.74) is 3.80. The van der Waals surface area contributed by atoms with E-state index in [9.17, 15) is 5.11 Å². The van der Waals surface area contributed by atoms with E-state index in [1.807, 2.05) is 38.3 Å². The smallest absolute Gasteiger partial charge is 0.123 e. The van der Waals surface area contributed by atoms with E-state index in [2.05, 4.69) is 10.3 Å². The lowest BCUT2D eigenvalue weighted by Crippen LogP contribution is -2.01. The van der Waals surface area contributed by atoms with Crippen LogP contribution in [0.3, 0.4) is 0 Å². The van der Waals surface area contributed by atoms with Crippen molar-refractivity contribution in [3.8, 4) is 5.75 Å². The number of rotatable bonds is 3. The summed E-state index contributed by atoms with van der Waals surface area (Å²) in [6.07, 6.45) is 0. The average molecular weight is 248 g/mol. The first-order chi connectivity index (χ1) is 8.08. The zero-order valence-electron chi connectivity index (χ0n) is 10.2. The van der Waals surface area contributed by atoms with Crippen LogP contribution in [0.15, 0.2) is 17.5 Å². The van der Waals surface area contributed by atoms with Crippen LogP contribution in [-0.4, -0.2) is 10.1 Å². The molecule has 17 heavy (non-hydrogen) atoms. The second-order valence-corrected chi connectivity index (χ2v) is 5.08. The van der Waals surface area contributed by atoms with Crippen LogP contribution in [0.5, 0.6) is 5.75 Å². The molecule has 0 spiro atoms. The summed E-state index contributed by atoms with van der Waals surface area (Å²) in [4.78, 5) is 4.39. The lowest BCUT2D eigenvalue weighted by molar-refractivity contribution is 0.467. The number of hydrogen-bond donors (Lipinski definition) is 2. The van der Waals surface area contributed by atoms with Crippen molar-refractivity contribution in [2.45, 2.75) is 27.3 Å². The summed E-state index contributed by atoms with van der Waals surface area (Å²) in [5, 5.41) is 16.2. The maximum Gasteiger partial charge on any atom is 0.123 e. The molecule has 0 bridgehead atoms. The fourth-order valence-electron chi connectivity index (χ4n) is 1.68. The van der Waals surface area contributed by atoms with E-state index in [1.165, 1.54) is 0 Å². The molecule has 0 aliphatic rings. The molecule has 0 fully saturated rings. The Morgan fingerprint density at radius 1 is 1.29 bits per heavy atom. The predicted octanol–water partition coefficient (Wildman–Crippen LogP) is 3.39. The minimum atomic E-state index is 0.366. The summed E-state index contributed by atoms with van der Waals surface area (Å²) in [6.45, 7) is 6.50. The third-order valence-corrected chi connectivity index (χ3v) is 3.70.